The highest BCUT2D eigenvalue weighted by atomic mass is 16.2. The fourth-order valence-corrected chi connectivity index (χ4v) is 1.74. The number of carbonyl (C=O) groups is 1. The van der Waals surface area contributed by atoms with E-state index in [0.717, 1.165) is 24.3 Å². The first-order valence-corrected chi connectivity index (χ1v) is 4.78. The molecule has 0 aromatic heterocycles. The molecule has 0 aliphatic carbocycles. The van der Waals surface area contributed by atoms with Gasteiger partial charge >= 0.3 is 6.03 Å². The normalized spacial score (nSPS) is 16.6. The summed E-state index contributed by atoms with van der Waals surface area (Å²) in [4.78, 5) is 15.3. The maximum Gasteiger partial charge on any atom is 0.324 e. The summed E-state index contributed by atoms with van der Waals surface area (Å²) in [6.45, 7) is 3.63. The minimum absolute atomic E-state index is 0.0966. The van der Waals surface area contributed by atoms with Gasteiger partial charge in [0.05, 0.1) is 0 Å². The minimum Gasteiger partial charge on any atom is -0.326 e. The Morgan fingerprint density at radius 3 is 2.50 bits per heavy atom. The molecule has 14 heavy (non-hydrogen) atoms. The molecule has 1 aliphatic rings. The molecule has 0 unspecified atom stereocenters. The van der Waals surface area contributed by atoms with Crippen LogP contribution < -0.4 is 4.90 Å². The zero-order valence-corrected chi connectivity index (χ0v) is 8.53. The lowest BCUT2D eigenvalue weighted by atomic mass is 10.2. The van der Waals surface area contributed by atoms with E-state index in [1.165, 1.54) is 0 Å². The molecule has 2 amide bonds. The SMILES string of the molecule is Cc1ccccc1N1CCN(C)C1=O. The maximum absolute atomic E-state index is 11.7. The zero-order valence-electron chi connectivity index (χ0n) is 8.53. The largest absolute Gasteiger partial charge is 0.326 e. The predicted octanol–water partition coefficient (Wildman–Crippen LogP) is 1.87. The molecule has 1 fully saturated rings. The van der Waals surface area contributed by atoms with Crippen LogP contribution in [0, 0.1) is 6.92 Å². The van der Waals surface area contributed by atoms with Gasteiger partial charge in [-0.05, 0) is 18.6 Å². The van der Waals surface area contributed by atoms with E-state index in [-0.39, 0.29) is 6.03 Å². The van der Waals surface area contributed by atoms with Crippen LogP contribution in [-0.4, -0.2) is 31.1 Å². The molecule has 3 heteroatoms. The lowest BCUT2D eigenvalue weighted by molar-refractivity contribution is 0.229. The first-order chi connectivity index (χ1) is 6.70. The summed E-state index contributed by atoms with van der Waals surface area (Å²) in [7, 11) is 1.83. The third kappa shape index (κ3) is 1.35. The Kier molecular flexibility index (Phi) is 2.15. The third-order valence-corrected chi connectivity index (χ3v) is 2.62. The standard InChI is InChI=1S/C11H14N2O/c1-9-5-3-4-6-10(9)13-8-7-12(2)11(13)14/h3-6H,7-8H2,1-2H3. The molecule has 0 saturated carbocycles. The molecule has 1 aromatic carbocycles. The number of likely N-dealkylation sites (N-methyl/N-ethyl adjacent to an activating group) is 1. The van der Waals surface area contributed by atoms with E-state index in [1.54, 1.807) is 4.90 Å². The Bertz CT molecular complexity index is 362. The van der Waals surface area contributed by atoms with E-state index in [2.05, 4.69) is 0 Å². The predicted molar refractivity (Wildman–Crippen MR) is 56.6 cm³/mol. The molecule has 3 nitrogen and oxygen atoms in total. The van der Waals surface area contributed by atoms with Crippen LogP contribution in [0.2, 0.25) is 0 Å². The molecule has 1 saturated heterocycles. The van der Waals surface area contributed by atoms with Crippen LogP contribution in [0.15, 0.2) is 24.3 Å². The molecular weight excluding hydrogens is 176 g/mol. The molecule has 0 N–H and O–H groups in total. The van der Waals surface area contributed by atoms with Gasteiger partial charge < -0.3 is 4.90 Å². The fourth-order valence-electron chi connectivity index (χ4n) is 1.74. The van der Waals surface area contributed by atoms with E-state index in [1.807, 2.05) is 43.1 Å². The van der Waals surface area contributed by atoms with Crippen molar-refractivity contribution in [3.8, 4) is 0 Å². The van der Waals surface area contributed by atoms with Crippen LogP contribution >= 0.6 is 0 Å². The monoisotopic (exact) mass is 190 g/mol. The summed E-state index contributed by atoms with van der Waals surface area (Å²) in [6, 6.07) is 8.07. The zero-order chi connectivity index (χ0) is 10.1. The summed E-state index contributed by atoms with van der Waals surface area (Å²) < 4.78 is 0. The van der Waals surface area contributed by atoms with Crippen molar-refractivity contribution in [3.05, 3.63) is 29.8 Å². The van der Waals surface area contributed by atoms with Gasteiger partial charge in [-0.2, -0.15) is 0 Å². The van der Waals surface area contributed by atoms with Gasteiger partial charge in [0.2, 0.25) is 0 Å². The summed E-state index contributed by atoms with van der Waals surface area (Å²) >= 11 is 0. The van der Waals surface area contributed by atoms with Crippen molar-refractivity contribution < 1.29 is 4.79 Å². The van der Waals surface area contributed by atoms with E-state index in [4.69, 9.17) is 0 Å². The third-order valence-electron chi connectivity index (χ3n) is 2.62. The average molecular weight is 190 g/mol. The topological polar surface area (TPSA) is 23.6 Å². The lowest BCUT2D eigenvalue weighted by Gasteiger charge is -2.17. The number of para-hydroxylation sites is 1. The van der Waals surface area contributed by atoms with Crippen LogP contribution in [0.25, 0.3) is 0 Å². The Morgan fingerprint density at radius 1 is 1.21 bits per heavy atom. The molecule has 0 spiro atoms. The highest BCUT2D eigenvalue weighted by molar-refractivity contribution is 5.94. The van der Waals surface area contributed by atoms with Crippen LogP contribution in [-0.2, 0) is 0 Å². The number of benzene rings is 1. The Balaban J connectivity index is 2.33. The summed E-state index contributed by atoms with van der Waals surface area (Å²) in [5.41, 5.74) is 2.18. The molecule has 0 atom stereocenters. The molecule has 74 valence electrons. The first-order valence-electron chi connectivity index (χ1n) is 4.78. The maximum atomic E-state index is 11.7. The highest BCUT2D eigenvalue weighted by Gasteiger charge is 2.26. The van der Waals surface area contributed by atoms with Gasteiger partial charge in [-0.15, -0.1) is 0 Å². The number of amides is 2. The first kappa shape index (κ1) is 9.06. The summed E-state index contributed by atoms with van der Waals surface area (Å²) in [5, 5.41) is 0. The quantitative estimate of drug-likeness (QED) is 0.663. The number of hydrogen-bond acceptors (Lipinski definition) is 1. The van der Waals surface area contributed by atoms with Crippen molar-refractivity contribution >= 4 is 11.7 Å². The molecular formula is C11H14N2O. The molecule has 2 rings (SSSR count). The summed E-state index contributed by atoms with van der Waals surface area (Å²) in [6.07, 6.45) is 0. The highest BCUT2D eigenvalue weighted by Crippen LogP contribution is 2.22. The average Bonchev–Trinajstić information content (AvgIpc) is 2.49. The van der Waals surface area contributed by atoms with Gasteiger partial charge in [0.1, 0.15) is 0 Å². The van der Waals surface area contributed by atoms with Gasteiger partial charge in [-0.3, -0.25) is 4.90 Å². The number of aryl methyl sites for hydroxylation is 1. The number of urea groups is 1. The van der Waals surface area contributed by atoms with Crippen LogP contribution in [0.1, 0.15) is 5.56 Å². The van der Waals surface area contributed by atoms with E-state index >= 15 is 0 Å². The van der Waals surface area contributed by atoms with E-state index in [9.17, 15) is 4.79 Å². The van der Waals surface area contributed by atoms with Crippen LogP contribution in [0.3, 0.4) is 0 Å². The second kappa shape index (κ2) is 3.33. The van der Waals surface area contributed by atoms with Crippen molar-refractivity contribution in [1.29, 1.82) is 0 Å². The Morgan fingerprint density at radius 2 is 1.93 bits per heavy atom. The Hall–Kier alpha value is -1.51. The number of carbonyl (C=O) groups excluding carboxylic acids is 1. The molecule has 0 bridgehead atoms. The number of hydrogen-bond donors (Lipinski definition) is 0. The van der Waals surface area contributed by atoms with Crippen molar-refractivity contribution in [1.82, 2.24) is 4.90 Å². The Labute approximate surface area is 83.9 Å². The van der Waals surface area contributed by atoms with E-state index in [0.29, 0.717) is 0 Å². The number of anilines is 1. The summed E-state index contributed by atoms with van der Waals surface area (Å²) in [5.74, 6) is 0. The van der Waals surface area contributed by atoms with Gasteiger partial charge in [0.15, 0.2) is 0 Å². The van der Waals surface area contributed by atoms with Gasteiger partial charge in [-0.1, -0.05) is 18.2 Å². The molecule has 1 aliphatic heterocycles. The van der Waals surface area contributed by atoms with Crippen molar-refractivity contribution in [2.75, 3.05) is 25.0 Å². The second-order valence-electron chi connectivity index (χ2n) is 3.64. The second-order valence-corrected chi connectivity index (χ2v) is 3.64. The van der Waals surface area contributed by atoms with Crippen molar-refractivity contribution in [2.45, 2.75) is 6.92 Å². The van der Waals surface area contributed by atoms with Gasteiger partial charge in [0.25, 0.3) is 0 Å². The molecule has 1 heterocycles. The van der Waals surface area contributed by atoms with Crippen LogP contribution in [0.5, 0.6) is 0 Å². The van der Waals surface area contributed by atoms with Crippen molar-refractivity contribution in [2.24, 2.45) is 0 Å². The smallest absolute Gasteiger partial charge is 0.324 e. The van der Waals surface area contributed by atoms with Gasteiger partial charge in [-0.25, -0.2) is 4.79 Å². The van der Waals surface area contributed by atoms with Crippen LogP contribution in [0.4, 0.5) is 10.5 Å². The van der Waals surface area contributed by atoms with Crippen molar-refractivity contribution in [3.63, 3.8) is 0 Å². The molecule has 1 aromatic rings. The lowest BCUT2D eigenvalue weighted by Crippen LogP contribution is -2.29. The number of nitrogens with zero attached hydrogens (tertiary/aromatic N) is 2. The van der Waals surface area contributed by atoms with E-state index < -0.39 is 0 Å². The fraction of sp³-hybridized carbons (Fsp3) is 0.364. The minimum atomic E-state index is 0.0966. The molecule has 0 radical (unpaired) electrons. The number of rotatable bonds is 1. The van der Waals surface area contributed by atoms with Gasteiger partial charge in [0, 0.05) is 25.8 Å².